The molecule has 148 valence electrons. The van der Waals surface area contributed by atoms with Gasteiger partial charge in [-0.25, -0.2) is 4.98 Å². The lowest BCUT2D eigenvalue weighted by molar-refractivity contribution is 0.948. The molecule has 0 aliphatic carbocycles. The van der Waals surface area contributed by atoms with Crippen molar-refractivity contribution in [2.75, 3.05) is 5.32 Å². The van der Waals surface area contributed by atoms with Crippen LogP contribution in [0.3, 0.4) is 0 Å². The molecular weight excluding hydrogens is 419 g/mol. The minimum atomic E-state index is -0.370. The van der Waals surface area contributed by atoms with Gasteiger partial charge < -0.3 is 10.7 Å². The fourth-order valence-electron chi connectivity index (χ4n) is 3.04. The molecule has 0 fully saturated rings. The van der Waals surface area contributed by atoms with E-state index in [9.17, 15) is 4.79 Å². The van der Waals surface area contributed by atoms with Crippen molar-refractivity contribution in [3.05, 3.63) is 105 Å². The molecule has 0 bridgehead atoms. The molecule has 7 heteroatoms. The van der Waals surface area contributed by atoms with Crippen molar-refractivity contribution in [3.8, 4) is 17.1 Å². The number of hydrogen-bond donors (Lipinski definition) is 2. The maximum atomic E-state index is 13.4. The van der Waals surface area contributed by atoms with E-state index in [4.69, 9.17) is 33.6 Å². The summed E-state index contributed by atoms with van der Waals surface area (Å²) in [5.74, 6) is 0.722. The third-order valence-corrected chi connectivity index (χ3v) is 4.99. The highest BCUT2D eigenvalue weighted by Crippen LogP contribution is 2.26. The fraction of sp³-hybridized carbons (Fsp3) is 0. The van der Waals surface area contributed by atoms with Crippen LogP contribution in [0.4, 0.5) is 11.5 Å². The normalized spacial score (nSPS) is 10.6. The van der Waals surface area contributed by atoms with Crippen LogP contribution in [-0.4, -0.2) is 15.8 Å². The Hall–Kier alpha value is -3.41. The van der Waals surface area contributed by atoms with Crippen molar-refractivity contribution in [1.82, 2.24) is 9.55 Å². The number of nitrogens with zero attached hydrogens (tertiary/aromatic N) is 2. The molecule has 2 N–H and O–H groups in total. The van der Waals surface area contributed by atoms with Gasteiger partial charge in [-0.2, -0.15) is 0 Å². The molecule has 0 atom stereocenters. The number of anilines is 2. The Balaban J connectivity index is 1.98. The number of benzene rings is 3. The molecule has 0 amide bonds. The average molecular weight is 435 g/mol. The van der Waals surface area contributed by atoms with Gasteiger partial charge in [0, 0.05) is 27.5 Å². The Morgan fingerprint density at radius 3 is 2.07 bits per heavy atom. The Bertz CT molecular complexity index is 1250. The molecular formula is C23H16Cl2N4O. The van der Waals surface area contributed by atoms with Gasteiger partial charge in [0.1, 0.15) is 17.2 Å². The zero-order chi connectivity index (χ0) is 21.1. The van der Waals surface area contributed by atoms with Crippen molar-refractivity contribution in [3.63, 3.8) is 0 Å². The van der Waals surface area contributed by atoms with Gasteiger partial charge in [0.05, 0.1) is 5.69 Å². The van der Waals surface area contributed by atoms with Gasteiger partial charge in [-0.05, 0) is 60.7 Å². The van der Waals surface area contributed by atoms with Gasteiger partial charge >= 0.3 is 0 Å². The molecule has 0 radical (unpaired) electrons. The van der Waals surface area contributed by atoms with Crippen LogP contribution in [-0.2, 0) is 0 Å². The van der Waals surface area contributed by atoms with Gasteiger partial charge in [0.25, 0.3) is 5.56 Å². The highest BCUT2D eigenvalue weighted by Gasteiger charge is 2.18. The average Bonchev–Trinajstić information content (AvgIpc) is 2.76. The first-order valence-corrected chi connectivity index (χ1v) is 9.84. The van der Waals surface area contributed by atoms with Crippen molar-refractivity contribution in [2.45, 2.75) is 0 Å². The van der Waals surface area contributed by atoms with Gasteiger partial charge in [0.15, 0.2) is 0 Å². The van der Waals surface area contributed by atoms with Crippen molar-refractivity contribution in [2.24, 2.45) is 0 Å². The van der Waals surface area contributed by atoms with Crippen molar-refractivity contribution in [1.29, 1.82) is 5.41 Å². The number of rotatable bonds is 5. The molecule has 4 rings (SSSR count). The highest BCUT2D eigenvalue weighted by molar-refractivity contribution is 6.30. The largest absolute Gasteiger partial charge is 0.339 e. The van der Waals surface area contributed by atoms with Crippen LogP contribution in [0.2, 0.25) is 10.0 Å². The van der Waals surface area contributed by atoms with E-state index in [2.05, 4.69) is 5.32 Å². The molecule has 3 aromatic carbocycles. The summed E-state index contributed by atoms with van der Waals surface area (Å²) in [7, 11) is 0. The second kappa shape index (κ2) is 8.53. The molecule has 0 spiro atoms. The van der Waals surface area contributed by atoms with Crippen LogP contribution >= 0.6 is 23.2 Å². The van der Waals surface area contributed by atoms with Gasteiger partial charge in [-0.15, -0.1) is 0 Å². The van der Waals surface area contributed by atoms with E-state index in [1.54, 1.807) is 48.5 Å². The van der Waals surface area contributed by atoms with E-state index < -0.39 is 0 Å². The molecule has 0 aliphatic rings. The SMILES string of the molecule is N=Cc1c(Nc2ccccc2)nc(-c2ccc(Cl)cc2)n(-c2ccc(Cl)cc2)c1=O. The summed E-state index contributed by atoms with van der Waals surface area (Å²) in [6.45, 7) is 0. The molecule has 0 saturated heterocycles. The molecule has 4 aromatic rings. The summed E-state index contributed by atoms with van der Waals surface area (Å²) in [4.78, 5) is 18.2. The number of para-hydroxylation sites is 1. The maximum absolute atomic E-state index is 13.4. The number of hydrogen-bond acceptors (Lipinski definition) is 4. The third-order valence-electron chi connectivity index (χ3n) is 4.49. The first kappa shape index (κ1) is 19.9. The van der Waals surface area contributed by atoms with E-state index in [1.165, 1.54) is 4.57 Å². The van der Waals surface area contributed by atoms with Crippen LogP contribution in [0, 0.1) is 5.41 Å². The van der Waals surface area contributed by atoms with Gasteiger partial charge in [-0.1, -0.05) is 41.4 Å². The molecule has 0 unspecified atom stereocenters. The van der Waals surface area contributed by atoms with Crippen LogP contribution in [0.25, 0.3) is 17.1 Å². The van der Waals surface area contributed by atoms with E-state index >= 15 is 0 Å². The number of nitrogens with one attached hydrogen (secondary N) is 2. The van der Waals surface area contributed by atoms with Crippen molar-refractivity contribution >= 4 is 40.9 Å². The zero-order valence-corrected chi connectivity index (χ0v) is 17.2. The molecule has 1 aromatic heterocycles. The van der Waals surface area contributed by atoms with Crippen LogP contribution in [0.1, 0.15) is 5.56 Å². The van der Waals surface area contributed by atoms with E-state index in [0.717, 1.165) is 11.9 Å². The standard InChI is InChI=1S/C23H16Cl2N4O/c24-16-8-6-15(7-9-16)22-28-21(27-18-4-2-1-3-5-18)20(14-26)23(30)29(22)19-12-10-17(25)11-13-19/h1-14,26-27H. The monoisotopic (exact) mass is 434 g/mol. The molecule has 30 heavy (non-hydrogen) atoms. The summed E-state index contributed by atoms with van der Waals surface area (Å²) >= 11 is 12.1. The predicted octanol–water partition coefficient (Wildman–Crippen LogP) is 5.95. The molecule has 5 nitrogen and oxygen atoms in total. The second-order valence-corrected chi connectivity index (χ2v) is 7.33. The van der Waals surface area contributed by atoms with E-state index in [-0.39, 0.29) is 11.1 Å². The summed E-state index contributed by atoms with van der Waals surface area (Å²) in [6.07, 6.45) is 1.01. The van der Waals surface area contributed by atoms with Gasteiger partial charge in [-0.3, -0.25) is 9.36 Å². The lowest BCUT2D eigenvalue weighted by Crippen LogP contribution is -2.26. The topological polar surface area (TPSA) is 70.8 Å². The lowest BCUT2D eigenvalue weighted by atomic mass is 10.1. The quantitative estimate of drug-likeness (QED) is 0.381. The fourth-order valence-corrected chi connectivity index (χ4v) is 3.29. The summed E-state index contributed by atoms with van der Waals surface area (Å²) in [5.41, 5.74) is 1.84. The van der Waals surface area contributed by atoms with Crippen molar-refractivity contribution < 1.29 is 0 Å². The maximum Gasteiger partial charge on any atom is 0.269 e. The Morgan fingerprint density at radius 1 is 0.867 bits per heavy atom. The lowest BCUT2D eigenvalue weighted by Gasteiger charge is -2.17. The van der Waals surface area contributed by atoms with E-state index in [0.29, 0.717) is 32.9 Å². The zero-order valence-electron chi connectivity index (χ0n) is 15.6. The molecule has 1 heterocycles. The first-order valence-electron chi connectivity index (χ1n) is 9.08. The van der Waals surface area contributed by atoms with Crippen LogP contribution in [0.5, 0.6) is 0 Å². The first-order chi connectivity index (χ1) is 14.6. The predicted molar refractivity (Wildman–Crippen MR) is 123 cm³/mol. The number of aromatic nitrogens is 2. The van der Waals surface area contributed by atoms with Crippen LogP contribution < -0.4 is 10.9 Å². The van der Waals surface area contributed by atoms with Gasteiger partial charge in [0.2, 0.25) is 0 Å². The smallest absolute Gasteiger partial charge is 0.269 e. The van der Waals surface area contributed by atoms with E-state index in [1.807, 2.05) is 30.3 Å². The Labute approximate surface area is 183 Å². The molecule has 0 aliphatic heterocycles. The number of halogens is 2. The minimum absolute atomic E-state index is 0.145. The summed E-state index contributed by atoms with van der Waals surface area (Å²) < 4.78 is 1.47. The molecule has 0 saturated carbocycles. The Morgan fingerprint density at radius 2 is 1.47 bits per heavy atom. The Kier molecular flexibility index (Phi) is 5.65. The third kappa shape index (κ3) is 3.99. The summed E-state index contributed by atoms with van der Waals surface area (Å²) in [5, 5.41) is 12.1. The minimum Gasteiger partial charge on any atom is -0.339 e. The highest BCUT2D eigenvalue weighted by atomic mass is 35.5. The van der Waals surface area contributed by atoms with Crippen LogP contribution in [0.15, 0.2) is 83.7 Å². The second-order valence-electron chi connectivity index (χ2n) is 6.46. The summed E-state index contributed by atoms with van der Waals surface area (Å²) in [6, 6.07) is 23.3.